The Balaban J connectivity index is 2.04. The summed E-state index contributed by atoms with van der Waals surface area (Å²) in [5, 5.41) is 22.7. The number of aromatic nitrogens is 3. The minimum Gasteiger partial charge on any atom is -0.508 e. The van der Waals surface area contributed by atoms with Crippen molar-refractivity contribution in [3.8, 4) is 34.5 Å². The number of hydrogen-bond donors (Lipinski definition) is 2. The van der Waals surface area contributed by atoms with Crippen molar-refractivity contribution in [1.29, 1.82) is 0 Å². The van der Waals surface area contributed by atoms with Gasteiger partial charge in [0.15, 0.2) is 0 Å². The summed E-state index contributed by atoms with van der Waals surface area (Å²) >= 11 is 3.36. The monoisotopic (exact) mass is 333 g/mol. The van der Waals surface area contributed by atoms with Crippen LogP contribution in [0.25, 0.3) is 23.0 Å². The van der Waals surface area contributed by atoms with Gasteiger partial charge < -0.3 is 14.7 Å². The maximum absolute atomic E-state index is 9.45. The third-order valence-corrected chi connectivity index (χ3v) is 3.19. The highest BCUT2D eigenvalue weighted by Crippen LogP contribution is 2.30. The highest BCUT2D eigenvalue weighted by molar-refractivity contribution is 9.10. The first-order valence-corrected chi connectivity index (χ1v) is 6.41. The van der Waals surface area contributed by atoms with Gasteiger partial charge in [0.1, 0.15) is 17.2 Å². The number of nitrogens with zero attached hydrogens (tertiary/aromatic N) is 3. The molecule has 6 nitrogen and oxygen atoms in total. The highest BCUT2D eigenvalue weighted by Gasteiger charge is 2.14. The minimum absolute atomic E-state index is 0.0845. The molecule has 0 bridgehead atoms. The lowest BCUT2D eigenvalue weighted by Crippen LogP contribution is -1.86. The van der Waals surface area contributed by atoms with Gasteiger partial charge in [-0.3, -0.25) is 4.98 Å². The molecule has 2 N–H and O–H groups in total. The van der Waals surface area contributed by atoms with Gasteiger partial charge in [-0.1, -0.05) is 5.16 Å². The maximum Gasteiger partial charge on any atom is 0.258 e. The van der Waals surface area contributed by atoms with Crippen molar-refractivity contribution in [3.63, 3.8) is 0 Å². The molecule has 0 aliphatic carbocycles. The summed E-state index contributed by atoms with van der Waals surface area (Å²) in [7, 11) is 0. The van der Waals surface area contributed by atoms with E-state index in [9.17, 15) is 10.2 Å². The van der Waals surface area contributed by atoms with E-state index in [1.54, 1.807) is 12.3 Å². The van der Waals surface area contributed by atoms with Crippen LogP contribution in [0.4, 0.5) is 0 Å². The third-order valence-electron chi connectivity index (χ3n) is 2.55. The Morgan fingerprint density at radius 2 is 1.85 bits per heavy atom. The second-order valence-electron chi connectivity index (χ2n) is 4.00. The highest BCUT2D eigenvalue weighted by atomic mass is 79.9. The maximum atomic E-state index is 9.45. The van der Waals surface area contributed by atoms with Crippen molar-refractivity contribution in [2.75, 3.05) is 0 Å². The third kappa shape index (κ3) is 2.35. The Bertz CT molecular complexity index is 753. The van der Waals surface area contributed by atoms with Gasteiger partial charge in [-0.25, -0.2) is 0 Å². The van der Waals surface area contributed by atoms with E-state index in [0.29, 0.717) is 17.1 Å². The quantitative estimate of drug-likeness (QED) is 0.748. The number of pyridine rings is 1. The molecule has 100 valence electrons. The summed E-state index contributed by atoms with van der Waals surface area (Å²) in [4.78, 5) is 8.36. The zero-order valence-corrected chi connectivity index (χ0v) is 11.6. The Morgan fingerprint density at radius 1 is 1.10 bits per heavy atom. The molecule has 0 fully saturated rings. The molecule has 0 spiro atoms. The fourth-order valence-electron chi connectivity index (χ4n) is 1.71. The summed E-state index contributed by atoms with van der Waals surface area (Å²) in [6, 6.07) is 7.66. The lowest BCUT2D eigenvalue weighted by molar-refractivity contribution is 0.428. The van der Waals surface area contributed by atoms with E-state index in [2.05, 4.69) is 31.1 Å². The Morgan fingerprint density at radius 3 is 2.55 bits per heavy atom. The van der Waals surface area contributed by atoms with Crippen LogP contribution in [0.15, 0.2) is 45.5 Å². The van der Waals surface area contributed by atoms with Gasteiger partial charge in [-0.05, 0) is 40.2 Å². The fraction of sp³-hybridized carbons (Fsp3) is 0. The van der Waals surface area contributed by atoms with Crippen molar-refractivity contribution >= 4 is 15.9 Å². The topological polar surface area (TPSA) is 92.3 Å². The average Bonchev–Trinajstić information content (AvgIpc) is 2.87. The van der Waals surface area contributed by atoms with E-state index in [0.717, 1.165) is 4.47 Å². The first-order valence-electron chi connectivity index (χ1n) is 5.61. The van der Waals surface area contributed by atoms with Crippen LogP contribution < -0.4 is 0 Å². The predicted molar refractivity (Wildman–Crippen MR) is 74.0 cm³/mol. The van der Waals surface area contributed by atoms with Crippen molar-refractivity contribution in [1.82, 2.24) is 15.1 Å². The summed E-state index contributed by atoms with van der Waals surface area (Å²) in [6.07, 6.45) is 1.62. The number of benzene rings is 1. The lowest BCUT2D eigenvalue weighted by atomic mass is 10.2. The molecule has 0 radical (unpaired) electrons. The second-order valence-corrected chi connectivity index (χ2v) is 4.85. The number of phenolic OH excluding ortho intramolecular Hbond substituents is 2. The Labute approximate surface area is 121 Å². The number of hydrogen-bond acceptors (Lipinski definition) is 6. The molecule has 3 rings (SSSR count). The molecule has 1 aromatic carbocycles. The summed E-state index contributed by atoms with van der Waals surface area (Å²) < 4.78 is 5.87. The molecule has 0 saturated carbocycles. The first kappa shape index (κ1) is 12.6. The van der Waals surface area contributed by atoms with Gasteiger partial charge in [0, 0.05) is 22.3 Å². The van der Waals surface area contributed by atoms with Gasteiger partial charge in [0.05, 0.1) is 0 Å². The molecule has 0 aliphatic heterocycles. The van der Waals surface area contributed by atoms with Crippen LogP contribution in [0.1, 0.15) is 0 Å². The molecule has 0 saturated heterocycles. The van der Waals surface area contributed by atoms with Gasteiger partial charge >= 0.3 is 0 Å². The van der Waals surface area contributed by atoms with Crippen molar-refractivity contribution < 1.29 is 14.7 Å². The van der Waals surface area contributed by atoms with Gasteiger partial charge in [0.25, 0.3) is 5.89 Å². The van der Waals surface area contributed by atoms with Gasteiger partial charge in [-0.2, -0.15) is 4.98 Å². The van der Waals surface area contributed by atoms with Crippen LogP contribution in [-0.4, -0.2) is 25.3 Å². The van der Waals surface area contributed by atoms with Crippen LogP contribution in [-0.2, 0) is 0 Å². The van der Waals surface area contributed by atoms with Crippen LogP contribution in [0, 0.1) is 0 Å². The number of rotatable bonds is 2. The number of aromatic hydroxyl groups is 2. The van der Waals surface area contributed by atoms with Crippen molar-refractivity contribution in [3.05, 3.63) is 41.0 Å². The number of halogens is 1. The standard InChI is InChI=1S/C13H8BrN3O3/c14-10-2-1-3-15-11(10)12-16-13(20-17-12)7-4-8(18)6-9(19)5-7/h1-6,18-19H. The molecule has 0 atom stereocenters. The number of phenols is 2. The van der Waals surface area contributed by atoms with Crippen LogP contribution in [0.3, 0.4) is 0 Å². The molecule has 2 heterocycles. The molecular weight excluding hydrogens is 326 g/mol. The molecule has 7 heteroatoms. The summed E-state index contributed by atoms with van der Waals surface area (Å²) in [5.74, 6) is 0.330. The molecule has 0 unspecified atom stereocenters. The van der Waals surface area contributed by atoms with E-state index >= 15 is 0 Å². The zero-order valence-electron chi connectivity index (χ0n) is 9.99. The molecular formula is C13H8BrN3O3. The van der Waals surface area contributed by atoms with Crippen LogP contribution in [0.5, 0.6) is 11.5 Å². The van der Waals surface area contributed by atoms with Crippen molar-refractivity contribution in [2.45, 2.75) is 0 Å². The lowest BCUT2D eigenvalue weighted by Gasteiger charge is -1.98. The van der Waals surface area contributed by atoms with E-state index in [4.69, 9.17) is 4.52 Å². The van der Waals surface area contributed by atoms with Crippen molar-refractivity contribution in [2.24, 2.45) is 0 Å². The SMILES string of the molecule is Oc1cc(O)cc(-c2nc(-c3ncccc3Br)no2)c1. The largest absolute Gasteiger partial charge is 0.508 e. The van der Waals surface area contributed by atoms with E-state index in [1.165, 1.54) is 18.2 Å². The fourth-order valence-corrected chi connectivity index (χ4v) is 2.14. The van der Waals surface area contributed by atoms with Crippen LogP contribution in [0.2, 0.25) is 0 Å². The Kier molecular flexibility index (Phi) is 3.11. The van der Waals surface area contributed by atoms with E-state index in [-0.39, 0.29) is 17.4 Å². The smallest absolute Gasteiger partial charge is 0.258 e. The summed E-state index contributed by atoms with van der Waals surface area (Å²) in [6.45, 7) is 0. The summed E-state index contributed by atoms with van der Waals surface area (Å²) in [5.41, 5.74) is 0.972. The van der Waals surface area contributed by atoms with Gasteiger partial charge in [-0.15, -0.1) is 0 Å². The normalized spacial score (nSPS) is 10.7. The van der Waals surface area contributed by atoms with Gasteiger partial charge in [0.2, 0.25) is 5.82 Å². The molecule has 3 aromatic rings. The first-order chi connectivity index (χ1) is 9.63. The van der Waals surface area contributed by atoms with E-state index in [1.807, 2.05) is 6.07 Å². The average molecular weight is 334 g/mol. The zero-order chi connectivity index (χ0) is 14.1. The van der Waals surface area contributed by atoms with E-state index < -0.39 is 0 Å². The molecule has 0 aliphatic rings. The Hall–Kier alpha value is -2.41. The minimum atomic E-state index is -0.0845. The second kappa shape index (κ2) is 4.93. The predicted octanol–water partition coefficient (Wildman–Crippen LogP) is 2.97. The molecule has 2 aromatic heterocycles. The molecule has 0 amide bonds. The van der Waals surface area contributed by atoms with Crippen LogP contribution >= 0.6 is 15.9 Å². The molecule has 20 heavy (non-hydrogen) atoms.